The first-order valence-electron chi connectivity index (χ1n) is 4.58. The van der Waals surface area contributed by atoms with E-state index in [4.69, 9.17) is 10.5 Å². The summed E-state index contributed by atoms with van der Waals surface area (Å²) in [6, 6.07) is 3.76. The van der Waals surface area contributed by atoms with E-state index < -0.39 is 17.4 Å². The molecule has 0 aliphatic carbocycles. The van der Waals surface area contributed by atoms with Gasteiger partial charge in [-0.2, -0.15) is 0 Å². The van der Waals surface area contributed by atoms with Gasteiger partial charge in [0.25, 0.3) is 0 Å². The lowest BCUT2D eigenvalue weighted by molar-refractivity contribution is 0.00696. The second-order valence-electron chi connectivity index (χ2n) is 4.24. The molecule has 15 heavy (non-hydrogen) atoms. The monoisotopic (exact) mass is 211 g/mol. The molecular formula is C11H14FNO2. The molecule has 0 amide bonds. The SMILES string of the molecule is CC(C)(C)OC(=O)c1ccc(F)c(N)c1. The Hall–Kier alpha value is -1.58. The molecule has 4 heteroatoms. The lowest BCUT2D eigenvalue weighted by Crippen LogP contribution is -2.24. The fourth-order valence-corrected chi connectivity index (χ4v) is 1.01. The van der Waals surface area contributed by atoms with Crippen molar-refractivity contribution >= 4 is 11.7 Å². The summed E-state index contributed by atoms with van der Waals surface area (Å²) in [7, 11) is 0. The summed E-state index contributed by atoms with van der Waals surface area (Å²) >= 11 is 0. The lowest BCUT2D eigenvalue weighted by atomic mass is 10.1. The first-order chi connectivity index (χ1) is 6.79. The van der Waals surface area contributed by atoms with Gasteiger partial charge >= 0.3 is 5.97 Å². The summed E-state index contributed by atoms with van der Waals surface area (Å²) in [5, 5.41) is 0. The molecule has 0 heterocycles. The number of carbonyl (C=O) groups excluding carboxylic acids is 1. The van der Waals surface area contributed by atoms with Crippen molar-refractivity contribution in [1.82, 2.24) is 0 Å². The standard InChI is InChI=1S/C11H14FNO2/c1-11(2,3)15-10(14)7-4-5-8(12)9(13)6-7/h4-6H,13H2,1-3H3. The van der Waals surface area contributed by atoms with Crippen LogP contribution in [0.5, 0.6) is 0 Å². The minimum absolute atomic E-state index is 0.0571. The number of hydrogen-bond donors (Lipinski definition) is 1. The van der Waals surface area contributed by atoms with Crippen molar-refractivity contribution in [3.8, 4) is 0 Å². The van der Waals surface area contributed by atoms with Gasteiger partial charge in [-0.1, -0.05) is 0 Å². The Balaban J connectivity index is 2.88. The molecular weight excluding hydrogens is 197 g/mol. The normalized spacial score (nSPS) is 11.2. The Labute approximate surface area is 88.0 Å². The number of ether oxygens (including phenoxy) is 1. The number of nitrogen functional groups attached to an aromatic ring is 1. The number of esters is 1. The van der Waals surface area contributed by atoms with Gasteiger partial charge in [-0.3, -0.25) is 0 Å². The van der Waals surface area contributed by atoms with Gasteiger partial charge in [-0.05, 0) is 39.0 Å². The van der Waals surface area contributed by atoms with Crippen LogP contribution in [0.1, 0.15) is 31.1 Å². The molecule has 0 saturated carbocycles. The van der Waals surface area contributed by atoms with Crippen LogP contribution in [0.15, 0.2) is 18.2 Å². The predicted octanol–water partition coefficient (Wildman–Crippen LogP) is 2.36. The van der Waals surface area contributed by atoms with E-state index in [0.29, 0.717) is 0 Å². The highest BCUT2D eigenvalue weighted by Gasteiger charge is 2.18. The molecule has 0 aliphatic heterocycles. The predicted molar refractivity (Wildman–Crippen MR) is 56.0 cm³/mol. The van der Waals surface area contributed by atoms with Crippen molar-refractivity contribution in [3.63, 3.8) is 0 Å². The van der Waals surface area contributed by atoms with E-state index in [9.17, 15) is 9.18 Å². The molecule has 0 unspecified atom stereocenters. The fraction of sp³-hybridized carbons (Fsp3) is 0.364. The Bertz CT molecular complexity index is 383. The second-order valence-corrected chi connectivity index (χ2v) is 4.24. The van der Waals surface area contributed by atoms with Crippen LogP contribution in [-0.2, 0) is 4.74 Å². The molecule has 0 spiro atoms. The molecule has 82 valence electrons. The van der Waals surface area contributed by atoms with Crippen molar-refractivity contribution in [1.29, 1.82) is 0 Å². The highest BCUT2D eigenvalue weighted by Crippen LogP contribution is 2.16. The minimum Gasteiger partial charge on any atom is -0.456 e. The third-order valence-electron chi connectivity index (χ3n) is 1.63. The molecule has 0 fully saturated rings. The molecule has 1 aromatic rings. The molecule has 0 atom stereocenters. The first-order valence-corrected chi connectivity index (χ1v) is 4.58. The van der Waals surface area contributed by atoms with Crippen molar-refractivity contribution in [3.05, 3.63) is 29.6 Å². The molecule has 2 N–H and O–H groups in total. The smallest absolute Gasteiger partial charge is 0.338 e. The van der Waals surface area contributed by atoms with Gasteiger partial charge in [0.1, 0.15) is 11.4 Å². The fourth-order valence-electron chi connectivity index (χ4n) is 1.01. The van der Waals surface area contributed by atoms with Crippen LogP contribution in [0.2, 0.25) is 0 Å². The van der Waals surface area contributed by atoms with Gasteiger partial charge in [0.05, 0.1) is 11.3 Å². The number of carbonyl (C=O) groups is 1. The van der Waals surface area contributed by atoms with Crippen LogP contribution in [0.25, 0.3) is 0 Å². The zero-order valence-corrected chi connectivity index (χ0v) is 9.00. The molecule has 0 aliphatic rings. The number of hydrogen-bond acceptors (Lipinski definition) is 3. The van der Waals surface area contributed by atoms with Crippen molar-refractivity contribution < 1.29 is 13.9 Å². The Morgan fingerprint density at radius 2 is 2.00 bits per heavy atom. The molecule has 3 nitrogen and oxygen atoms in total. The molecule has 0 bridgehead atoms. The van der Waals surface area contributed by atoms with Crippen molar-refractivity contribution in [2.75, 3.05) is 5.73 Å². The summed E-state index contributed by atoms with van der Waals surface area (Å²) in [5.74, 6) is -1.04. The summed E-state index contributed by atoms with van der Waals surface area (Å²) in [4.78, 5) is 11.5. The zero-order valence-electron chi connectivity index (χ0n) is 9.00. The van der Waals surface area contributed by atoms with Crippen LogP contribution in [0.4, 0.5) is 10.1 Å². The molecule has 1 aromatic carbocycles. The summed E-state index contributed by atoms with van der Waals surface area (Å²) in [6.07, 6.45) is 0. The van der Waals surface area contributed by atoms with Crippen LogP contribution in [0.3, 0.4) is 0 Å². The third-order valence-corrected chi connectivity index (χ3v) is 1.63. The Morgan fingerprint density at radius 1 is 1.40 bits per heavy atom. The summed E-state index contributed by atoms with van der Waals surface area (Å²) < 4.78 is 17.9. The maximum Gasteiger partial charge on any atom is 0.338 e. The van der Waals surface area contributed by atoms with E-state index in [1.807, 2.05) is 0 Å². The van der Waals surface area contributed by atoms with E-state index in [1.165, 1.54) is 12.1 Å². The van der Waals surface area contributed by atoms with Gasteiger partial charge in [0, 0.05) is 0 Å². The Morgan fingerprint density at radius 3 is 2.47 bits per heavy atom. The number of benzene rings is 1. The van der Waals surface area contributed by atoms with E-state index in [0.717, 1.165) is 6.07 Å². The van der Waals surface area contributed by atoms with E-state index in [2.05, 4.69) is 0 Å². The van der Waals surface area contributed by atoms with Gasteiger partial charge in [0.2, 0.25) is 0 Å². The number of rotatable bonds is 1. The van der Waals surface area contributed by atoms with Crippen LogP contribution < -0.4 is 5.73 Å². The van der Waals surface area contributed by atoms with E-state index in [1.54, 1.807) is 20.8 Å². The van der Waals surface area contributed by atoms with Crippen LogP contribution in [0, 0.1) is 5.82 Å². The van der Waals surface area contributed by atoms with Gasteiger partial charge in [0.15, 0.2) is 0 Å². The van der Waals surface area contributed by atoms with Crippen LogP contribution in [-0.4, -0.2) is 11.6 Å². The minimum atomic E-state index is -0.569. The summed E-state index contributed by atoms with van der Waals surface area (Å²) in [6.45, 7) is 5.29. The van der Waals surface area contributed by atoms with Crippen LogP contribution >= 0.6 is 0 Å². The van der Waals surface area contributed by atoms with Gasteiger partial charge < -0.3 is 10.5 Å². The third kappa shape index (κ3) is 3.23. The molecule has 1 rings (SSSR count). The molecule has 0 aromatic heterocycles. The van der Waals surface area contributed by atoms with E-state index >= 15 is 0 Å². The Kier molecular flexibility index (Phi) is 2.98. The first kappa shape index (κ1) is 11.5. The second kappa shape index (κ2) is 3.88. The lowest BCUT2D eigenvalue weighted by Gasteiger charge is -2.19. The highest BCUT2D eigenvalue weighted by molar-refractivity contribution is 5.90. The molecule has 0 saturated heterocycles. The number of nitrogens with two attached hydrogens (primary N) is 1. The number of halogens is 1. The average Bonchev–Trinajstić information content (AvgIpc) is 2.06. The molecule has 0 radical (unpaired) electrons. The maximum absolute atomic E-state index is 12.8. The van der Waals surface area contributed by atoms with Crippen molar-refractivity contribution in [2.24, 2.45) is 0 Å². The van der Waals surface area contributed by atoms with Crippen molar-refractivity contribution in [2.45, 2.75) is 26.4 Å². The average molecular weight is 211 g/mol. The topological polar surface area (TPSA) is 52.3 Å². The number of anilines is 1. The zero-order chi connectivity index (χ0) is 11.6. The van der Waals surface area contributed by atoms with Gasteiger partial charge in [-0.15, -0.1) is 0 Å². The maximum atomic E-state index is 12.8. The van der Waals surface area contributed by atoms with E-state index in [-0.39, 0.29) is 11.3 Å². The highest BCUT2D eigenvalue weighted by atomic mass is 19.1. The quantitative estimate of drug-likeness (QED) is 0.573. The summed E-state index contributed by atoms with van der Waals surface area (Å²) in [5.41, 5.74) is 4.97. The largest absolute Gasteiger partial charge is 0.456 e. The van der Waals surface area contributed by atoms with Gasteiger partial charge in [-0.25, -0.2) is 9.18 Å².